The van der Waals surface area contributed by atoms with Crippen molar-refractivity contribution in [3.63, 3.8) is 0 Å². The number of rotatable bonds is 5. The highest BCUT2D eigenvalue weighted by Gasteiger charge is 2.15. The van der Waals surface area contributed by atoms with Gasteiger partial charge in [0.2, 0.25) is 5.91 Å². The van der Waals surface area contributed by atoms with E-state index in [9.17, 15) is 9.59 Å². The summed E-state index contributed by atoms with van der Waals surface area (Å²) in [7, 11) is 0. The summed E-state index contributed by atoms with van der Waals surface area (Å²) >= 11 is 5.49. The van der Waals surface area contributed by atoms with Crippen LogP contribution in [0.4, 0.5) is 5.69 Å². The van der Waals surface area contributed by atoms with Crippen LogP contribution in [0.3, 0.4) is 0 Å². The molecule has 0 saturated carbocycles. The quantitative estimate of drug-likeness (QED) is 0.831. The van der Waals surface area contributed by atoms with Gasteiger partial charge in [-0.15, -0.1) is 11.6 Å². The fraction of sp³-hybridized carbons (Fsp3) is 0.176. The monoisotopic (exact) mass is 316 g/mol. The van der Waals surface area contributed by atoms with E-state index in [0.717, 1.165) is 5.56 Å². The molecule has 0 aliphatic carbocycles. The molecule has 2 N–H and O–H groups in total. The van der Waals surface area contributed by atoms with E-state index in [0.29, 0.717) is 11.3 Å². The third-order valence-electron chi connectivity index (χ3n) is 3.21. The van der Waals surface area contributed by atoms with Crippen LogP contribution in [0, 0.1) is 0 Å². The van der Waals surface area contributed by atoms with Gasteiger partial charge in [0.05, 0.1) is 17.3 Å². The average Bonchev–Trinajstić information content (AvgIpc) is 2.55. The topological polar surface area (TPSA) is 58.2 Å². The number of hydrogen-bond acceptors (Lipinski definition) is 2. The van der Waals surface area contributed by atoms with Gasteiger partial charge < -0.3 is 10.6 Å². The summed E-state index contributed by atoms with van der Waals surface area (Å²) in [4.78, 5) is 23.8. The van der Waals surface area contributed by atoms with Gasteiger partial charge in [-0.2, -0.15) is 0 Å². The van der Waals surface area contributed by atoms with Crippen LogP contribution in [0.15, 0.2) is 54.6 Å². The number of carbonyl (C=O) groups excluding carboxylic acids is 2. The Kier molecular flexibility index (Phi) is 5.55. The molecule has 0 spiro atoms. The Bertz CT molecular complexity index is 659. The first kappa shape index (κ1) is 16.0. The number of para-hydroxylation sites is 1. The second-order valence-electron chi connectivity index (χ2n) is 4.83. The minimum Gasteiger partial charge on any atom is -0.345 e. The molecule has 0 aliphatic heterocycles. The van der Waals surface area contributed by atoms with Gasteiger partial charge in [-0.1, -0.05) is 42.5 Å². The number of alkyl halides is 1. The van der Waals surface area contributed by atoms with Gasteiger partial charge >= 0.3 is 0 Å². The lowest BCUT2D eigenvalue weighted by Gasteiger charge is -2.16. The number of benzene rings is 2. The van der Waals surface area contributed by atoms with Crippen molar-refractivity contribution >= 4 is 29.1 Å². The Morgan fingerprint density at radius 2 is 1.68 bits per heavy atom. The number of amides is 2. The Labute approximate surface area is 134 Å². The van der Waals surface area contributed by atoms with Crippen molar-refractivity contribution in [1.82, 2.24) is 5.32 Å². The molecule has 114 valence electrons. The molecule has 0 aromatic heterocycles. The molecule has 0 heterocycles. The van der Waals surface area contributed by atoms with Gasteiger partial charge in [0.25, 0.3) is 5.91 Å². The van der Waals surface area contributed by atoms with Crippen molar-refractivity contribution in [2.75, 3.05) is 11.2 Å². The van der Waals surface area contributed by atoms with Crippen molar-refractivity contribution in [2.45, 2.75) is 13.0 Å². The standard InChI is InChI=1S/C17H17ClN2O2/c1-12(13-7-3-2-4-8-13)19-17(22)14-9-5-6-10-15(14)20-16(21)11-18/h2-10,12H,11H2,1H3,(H,19,22)(H,20,21)/t12-/m1/s1. The predicted molar refractivity (Wildman–Crippen MR) is 88.1 cm³/mol. The SMILES string of the molecule is C[C@@H](NC(=O)c1ccccc1NC(=O)CCl)c1ccccc1. The van der Waals surface area contributed by atoms with E-state index in [1.807, 2.05) is 37.3 Å². The zero-order valence-electron chi connectivity index (χ0n) is 12.2. The molecule has 5 heteroatoms. The molecule has 22 heavy (non-hydrogen) atoms. The van der Waals surface area contributed by atoms with E-state index in [4.69, 9.17) is 11.6 Å². The average molecular weight is 317 g/mol. The Morgan fingerprint density at radius 3 is 2.36 bits per heavy atom. The smallest absolute Gasteiger partial charge is 0.253 e. The number of anilines is 1. The van der Waals surface area contributed by atoms with E-state index < -0.39 is 0 Å². The van der Waals surface area contributed by atoms with Crippen LogP contribution in [-0.2, 0) is 4.79 Å². The van der Waals surface area contributed by atoms with Crippen LogP contribution < -0.4 is 10.6 Å². The maximum absolute atomic E-state index is 12.4. The normalized spacial score (nSPS) is 11.5. The van der Waals surface area contributed by atoms with Crippen LogP contribution in [0.1, 0.15) is 28.9 Å². The van der Waals surface area contributed by atoms with Crippen molar-refractivity contribution in [1.29, 1.82) is 0 Å². The van der Waals surface area contributed by atoms with E-state index in [1.54, 1.807) is 24.3 Å². The number of hydrogen-bond donors (Lipinski definition) is 2. The summed E-state index contributed by atoms with van der Waals surface area (Å²) in [5.74, 6) is -0.754. The first-order valence-electron chi connectivity index (χ1n) is 6.92. The van der Waals surface area contributed by atoms with Gasteiger partial charge in [-0.3, -0.25) is 9.59 Å². The molecule has 2 aromatic carbocycles. The molecular weight excluding hydrogens is 300 g/mol. The van der Waals surface area contributed by atoms with Crippen LogP contribution >= 0.6 is 11.6 Å². The molecule has 0 radical (unpaired) electrons. The van der Waals surface area contributed by atoms with Crippen LogP contribution in [-0.4, -0.2) is 17.7 Å². The van der Waals surface area contributed by atoms with Gasteiger partial charge in [0.15, 0.2) is 0 Å². The fourth-order valence-electron chi connectivity index (χ4n) is 2.07. The molecule has 2 amide bonds. The zero-order valence-corrected chi connectivity index (χ0v) is 12.9. The van der Waals surface area contributed by atoms with Gasteiger partial charge in [-0.25, -0.2) is 0 Å². The zero-order chi connectivity index (χ0) is 15.9. The molecule has 2 rings (SSSR count). The Morgan fingerprint density at radius 1 is 1.05 bits per heavy atom. The molecule has 0 fully saturated rings. The van der Waals surface area contributed by atoms with Crippen molar-refractivity contribution in [3.05, 3.63) is 65.7 Å². The lowest BCUT2D eigenvalue weighted by atomic mass is 10.1. The minimum atomic E-state index is -0.349. The predicted octanol–water partition coefficient (Wildman–Crippen LogP) is 3.35. The number of carbonyl (C=O) groups is 2. The van der Waals surface area contributed by atoms with E-state index in [-0.39, 0.29) is 23.7 Å². The number of halogens is 1. The molecular formula is C17H17ClN2O2. The van der Waals surface area contributed by atoms with E-state index in [2.05, 4.69) is 10.6 Å². The third kappa shape index (κ3) is 4.09. The maximum atomic E-state index is 12.4. The molecule has 0 bridgehead atoms. The molecule has 0 saturated heterocycles. The lowest BCUT2D eigenvalue weighted by Crippen LogP contribution is -2.28. The number of nitrogens with one attached hydrogen (secondary N) is 2. The van der Waals surface area contributed by atoms with Crippen molar-refractivity contribution < 1.29 is 9.59 Å². The highest BCUT2D eigenvalue weighted by atomic mass is 35.5. The van der Waals surface area contributed by atoms with Gasteiger partial charge in [-0.05, 0) is 24.6 Å². The minimum absolute atomic E-state index is 0.134. The summed E-state index contributed by atoms with van der Waals surface area (Å²) in [5.41, 5.74) is 1.87. The molecule has 4 nitrogen and oxygen atoms in total. The summed E-state index contributed by atoms with van der Waals surface area (Å²) < 4.78 is 0. The molecule has 0 unspecified atom stereocenters. The van der Waals surface area contributed by atoms with Crippen molar-refractivity contribution in [2.24, 2.45) is 0 Å². The maximum Gasteiger partial charge on any atom is 0.253 e. The van der Waals surface area contributed by atoms with Gasteiger partial charge in [0, 0.05) is 0 Å². The highest BCUT2D eigenvalue weighted by Crippen LogP contribution is 2.18. The summed E-state index contributed by atoms with van der Waals surface area (Å²) in [6.45, 7) is 1.91. The molecule has 1 atom stereocenters. The summed E-state index contributed by atoms with van der Waals surface area (Å²) in [6, 6.07) is 16.4. The molecule has 0 aliphatic rings. The second kappa shape index (κ2) is 7.61. The highest BCUT2D eigenvalue weighted by molar-refractivity contribution is 6.29. The largest absolute Gasteiger partial charge is 0.345 e. The fourth-order valence-corrected chi connectivity index (χ4v) is 2.14. The third-order valence-corrected chi connectivity index (χ3v) is 3.46. The van der Waals surface area contributed by atoms with Crippen molar-refractivity contribution in [3.8, 4) is 0 Å². The van der Waals surface area contributed by atoms with Crippen LogP contribution in [0.2, 0.25) is 0 Å². The first-order valence-corrected chi connectivity index (χ1v) is 7.46. The molecule has 2 aromatic rings. The second-order valence-corrected chi connectivity index (χ2v) is 5.10. The van der Waals surface area contributed by atoms with E-state index in [1.165, 1.54) is 0 Å². The first-order chi connectivity index (χ1) is 10.6. The Hall–Kier alpha value is -2.33. The van der Waals surface area contributed by atoms with Crippen LogP contribution in [0.25, 0.3) is 0 Å². The van der Waals surface area contributed by atoms with Gasteiger partial charge in [0.1, 0.15) is 5.88 Å². The Balaban J connectivity index is 2.14. The lowest BCUT2D eigenvalue weighted by molar-refractivity contribution is -0.113. The summed E-state index contributed by atoms with van der Waals surface area (Å²) in [5, 5.41) is 5.54. The van der Waals surface area contributed by atoms with E-state index >= 15 is 0 Å². The summed E-state index contributed by atoms with van der Waals surface area (Å²) in [6.07, 6.45) is 0. The van der Waals surface area contributed by atoms with Crippen LogP contribution in [0.5, 0.6) is 0 Å².